The zero-order valence-electron chi connectivity index (χ0n) is 33.7. The van der Waals surface area contributed by atoms with Gasteiger partial charge in [-0.25, -0.2) is 9.65 Å². The first-order valence-electron chi connectivity index (χ1n) is 19.1. The predicted molar refractivity (Wildman–Crippen MR) is 219 cm³/mol. The zero-order chi connectivity index (χ0) is 41.4. The van der Waals surface area contributed by atoms with Gasteiger partial charge in [-0.15, -0.1) is 0 Å². The molecule has 1 fully saturated rings. The van der Waals surface area contributed by atoms with Crippen LogP contribution in [0.5, 0.6) is 11.5 Å². The number of nitrogens with one attached hydrogen (secondary N) is 2. The molecule has 0 aliphatic carbocycles. The summed E-state index contributed by atoms with van der Waals surface area (Å²) in [6.07, 6.45) is -0.224. The number of carbonyl (C=O) groups is 1. The Morgan fingerprint density at radius 1 is 1.00 bits per heavy atom. The molecule has 3 heterocycles. The summed E-state index contributed by atoms with van der Waals surface area (Å²) < 4.78 is 42.5. The normalized spacial score (nSPS) is 17.7. The molecule has 1 saturated heterocycles. The van der Waals surface area contributed by atoms with Crippen LogP contribution < -0.4 is 20.3 Å². The van der Waals surface area contributed by atoms with E-state index >= 15 is 0 Å². The molecule has 15 nitrogen and oxygen atoms in total. The Hall–Kier alpha value is -5.20. The highest BCUT2D eigenvalue weighted by atomic mass is 31.2. The van der Waals surface area contributed by atoms with Crippen molar-refractivity contribution in [2.75, 3.05) is 32.8 Å². The SMILES string of the molecule is COc1ccc(C(O[C@@H]2CO[C@@H](n3cnc4c(=O)[nH]c(NC(C)=O)nc43)[C@H](OP(OCCC#N)N(C(C)C)C(C)C)C2)(c2ccccc2)c2ccc(OC)cc2)cc1. The van der Waals surface area contributed by atoms with Gasteiger partial charge < -0.3 is 28.0 Å². The molecule has 2 aromatic heterocycles. The lowest BCUT2D eigenvalue weighted by atomic mass is 9.79. The average Bonchev–Trinajstić information content (AvgIpc) is 3.64. The first kappa shape index (κ1) is 42.4. The maximum Gasteiger partial charge on any atom is 0.280 e. The molecule has 1 amide bonds. The molecule has 306 valence electrons. The van der Waals surface area contributed by atoms with Crippen LogP contribution in [0.1, 0.15) is 70.4 Å². The van der Waals surface area contributed by atoms with E-state index in [2.05, 4.69) is 58.7 Å². The Morgan fingerprint density at radius 2 is 1.60 bits per heavy atom. The molecule has 58 heavy (non-hydrogen) atoms. The highest BCUT2D eigenvalue weighted by Crippen LogP contribution is 2.51. The molecule has 0 spiro atoms. The van der Waals surface area contributed by atoms with Gasteiger partial charge in [-0.1, -0.05) is 54.6 Å². The summed E-state index contributed by atoms with van der Waals surface area (Å²) in [5, 5.41) is 12.0. The average molecular weight is 812 g/mol. The maximum absolute atomic E-state index is 13.1. The topological polar surface area (TPSA) is 175 Å². The number of hydrogen-bond donors (Lipinski definition) is 2. The van der Waals surface area contributed by atoms with Gasteiger partial charge in [-0.2, -0.15) is 10.2 Å². The fraction of sp³-hybridized carbons (Fsp3) is 0.405. The van der Waals surface area contributed by atoms with E-state index < -0.39 is 44.0 Å². The second-order valence-electron chi connectivity index (χ2n) is 14.3. The number of carbonyl (C=O) groups excluding carboxylic acids is 1. The van der Waals surface area contributed by atoms with Crippen molar-refractivity contribution >= 4 is 31.5 Å². The summed E-state index contributed by atoms with van der Waals surface area (Å²) in [5.41, 5.74) is 1.17. The van der Waals surface area contributed by atoms with Crippen molar-refractivity contribution < 1.29 is 32.8 Å². The molecule has 4 atom stereocenters. The van der Waals surface area contributed by atoms with Crippen LogP contribution in [-0.4, -0.2) is 81.8 Å². The predicted octanol–water partition coefficient (Wildman–Crippen LogP) is 7.05. The maximum atomic E-state index is 13.1. The van der Waals surface area contributed by atoms with E-state index in [0.29, 0.717) is 17.9 Å². The highest BCUT2D eigenvalue weighted by Gasteiger charge is 2.45. The molecule has 6 rings (SSSR count). The fourth-order valence-electron chi connectivity index (χ4n) is 7.22. The van der Waals surface area contributed by atoms with E-state index in [1.54, 1.807) is 18.8 Å². The van der Waals surface area contributed by atoms with Crippen molar-refractivity contribution in [2.45, 2.75) is 83.6 Å². The van der Waals surface area contributed by atoms with Crippen molar-refractivity contribution in [2.24, 2.45) is 0 Å². The van der Waals surface area contributed by atoms with E-state index in [0.717, 1.165) is 16.7 Å². The van der Waals surface area contributed by atoms with Gasteiger partial charge in [0, 0.05) is 25.4 Å². The number of fused-ring (bicyclic) bond motifs is 1. The summed E-state index contributed by atoms with van der Waals surface area (Å²) in [7, 11) is 1.49. The van der Waals surface area contributed by atoms with Gasteiger partial charge >= 0.3 is 0 Å². The second kappa shape index (κ2) is 19.0. The number of nitrogens with zero attached hydrogens (tertiary/aromatic N) is 5. The van der Waals surface area contributed by atoms with Crippen LogP contribution in [0.2, 0.25) is 0 Å². The Balaban J connectivity index is 1.48. The standard InChI is InChI=1S/C42H50N7O8P/c1-27(2)49(28(3)4)58(55-23-11-22-43)57-36-24-35(25-54-40(36)48-26-44-37-38(48)46-41(45-29(5)50)47-39(37)51)56-42(30-12-9-8-10-13-30,31-14-18-33(52-6)19-15-31)32-16-20-34(53-7)21-17-32/h8-10,12-21,26-28,35-36,40H,11,23-25H2,1-7H3,(H2,45,46,47,50,51)/t35-,36+,40+,58?/m0/s1. The molecular weight excluding hydrogens is 761 g/mol. The third kappa shape index (κ3) is 9.23. The fourth-order valence-corrected chi connectivity index (χ4v) is 8.95. The minimum Gasteiger partial charge on any atom is -0.497 e. The molecule has 1 aliphatic rings. The minimum atomic E-state index is -1.76. The molecule has 2 N–H and O–H groups in total. The molecule has 16 heteroatoms. The van der Waals surface area contributed by atoms with Crippen molar-refractivity contribution in [1.29, 1.82) is 5.26 Å². The summed E-state index contributed by atoms with van der Waals surface area (Å²) in [6, 6.07) is 27.8. The van der Waals surface area contributed by atoms with E-state index in [4.69, 9.17) is 28.0 Å². The quantitative estimate of drug-likeness (QED) is 0.0557. The zero-order valence-corrected chi connectivity index (χ0v) is 34.6. The third-order valence-electron chi connectivity index (χ3n) is 9.67. The lowest BCUT2D eigenvalue weighted by molar-refractivity contribution is -0.183. The Labute approximate surface area is 339 Å². The van der Waals surface area contributed by atoms with Crippen molar-refractivity contribution in [3.8, 4) is 17.6 Å². The smallest absolute Gasteiger partial charge is 0.280 e. The number of ether oxygens (including phenoxy) is 4. The van der Waals surface area contributed by atoms with E-state index in [9.17, 15) is 14.9 Å². The van der Waals surface area contributed by atoms with Gasteiger partial charge in [-0.05, 0) is 68.7 Å². The monoisotopic (exact) mass is 811 g/mol. The van der Waals surface area contributed by atoms with Crippen LogP contribution in [-0.2, 0) is 28.9 Å². The number of hydrogen-bond acceptors (Lipinski definition) is 12. The number of H-pyrrole nitrogens is 1. The second-order valence-corrected chi connectivity index (χ2v) is 15.7. The number of amides is 1. The first-order chi connectivity index (χ1) is 28.0. The number of anilines is 1. The van der Waals surface area contributed by atoms with E-state index in [1.807, 2.05) is 78.9 Å². The lowest BCUT2D eigenvalue weighted by Gasteiger charge is -2.44. The van der Waals surface area contributed by atoms with E-state index in [-0.39, 0.29) is 48.8 Å². The van der Waals surface area contributed by atoms with Gasteiger partial charge in [0.15, 0.2) is 17.4 Å². The third-order valence-corrected chi connectivity index (χ3v) is 11.8. The van der Waals surface area contributed by atoms with Gasteiger partial charge in [0.05, 0.1) is 52.4 Å². The minimum absolute atomic E-state index is 0.0218. The number of aromatic nitrogens is 4. The van der Waals surface area contributed by atoms with Crippen LogP contribution in [0.15, 0.2) is 90.0 Å². The van der Waals surface area contributed by atoms with Crippen molar-refractivity contribution in [3.63, 3.8) is 0 Å². The van der Waals surface area contributed by atoms with Crippen LogP contribution in [0.4, 0.5) is 5.95 Å². The molecule has 0 bridgehead atoms. The number of aromatic amines is 1. The van der Waals surface area contributed by atoms with Gasteiger partial charge in [0.1, 0.15) is 23.2 Å². The molecule has 5 aromatic rings. The summed E-state index contributed by atoms with van der Waals surface area (Å²) in [6.45, 7) is 9.85. The number of imidazole rings is 1. The van der Waals surface area contributed by atoms with Gasteiger partial charge in [0.25, 0.3) is 14.1 Å². The number of benzene rings is 3. The summed E-state index contributed by atoms with van der Waals surface area (Å²) in [4.78, 5) is 36.6. The molecule has 1 unspecified atom stereocenters. The Kier molecular flexibility index (Phi) is 13.9. The number of nitriles is 1. The molecule has 0 saturated carbocycles. The molecule has 0 radical (unpaired) electrons. The van der Waals surface area contributed by atoms with Crippen LogP contribution in [0, 0.1) is 11.3 Å². The molecule has 3 aromatic carbocycles. The van der Waals surface area contributed by atoms with Crippen LogP contribution in [0.3, 0.4) is 0 Å². The van der Waals surface area contributed by atoms with Crippen molar-refractivity contribution in [1.82, 2.24) is 24.2 Å². The van der Waals surface area contributed by atoms with E-state index in [1.165, 1.54) is 13.3 Å². The summed E-state index contributed by atoms with van der Waals surface area (Å²) >= 11 is 0. The first-order valence-corrected chi connectivity index (χ1v) is 20.3. The van der Waals surface area contributed by atoms with Crippen molar-refractivity contribution in [3.05, 3.63) is 112 Å². The Bertz CT molecular complexity index is 2170. The van der Waals surface area contributed by atoms with Crippen LogP contribution in [0.25, 0.3) is 11.2 Å². The molecular formula is C42H50N7O8P. The van der Waals surface area contributed by atoms with Crippen LogP contribution >= 0.6 is 8.53 Å². The molecule has 1 aliphatic heterocycles. The Morgan fingerprint density at radius 3 is 2.16 bits per heavy atom. The highest BCUT2D eigenvalue weighted by molar-refractivity contribution is 7.44. The van der Waals surface area contributed by atoms with Gasteiger partial charge in [0.2, 0.25) is 11.9 Å². The van der Waals surface area contributed by atoms with Gasteiger partial charge in [-0.3, -0.25) is 24.5 Å². The largest absolute Gasteiger partial charge is 0.497 e. The lowest BCUT2D eigenvalue weighted by Crippen LogP contribution is -2.46. The number of methoxy groups -OCH3 is 2. The number of rotatable bonds is 17. The summed E-state index contributed by atoms with van der Waals surface area (Å²) in [5.74, 6) is 0.968.